The average Bonchev–Trinajstić information content (AvgIpc) is 2.59. The first-order chi connectivity index (χ1) is 7.12. The van der Waals surface area contributed by atoms with Crippen molar-refractivity contribution in [2.45, 2.75) is 20.3 Å². The largest absolute Gasteiger partial charge is 0.370 e. The van der Waals surface area contributed by atoms with E-state index in [1.165, 1.54) is 6.42 Å². The minimum absolute atomic E-state index is 0.371. The molecule has 0 atom stereocenters. The van der Waals surface area contributed by atoms with Crippen LogP contribution in [0.15, 0.2) is 24.3 Å². The van der Waals surface area contributed by atoms with Crippen LogP contribution in [-0.4, -0.2) is 19.4 Å². The minimum Gasteiger partial charge on any atom is -0.370 e. The van der Waals surface area contributed by atoms with Crippen molar-refractivity contribution in [1.29, 1.82) is 0 Å². The zero-order valence-electron chi connectivity index (χ0n) is 9.36. The van der Waals surface area contributed by atoms with Gasteiger partial charge in [-0.2, -0.15) is 0 Å². The molecule has 0 radical (unpaired) electrons. The smallest absolute Gasteiger partial charge is 0.152 e. The molecule has 80 valence electrons. The zero-order chi connectivity index (χ0) is 10.9. The SMILES string of the molecule is CC1(C)CCN(c2ccccc2C=O)C1. The monoisotopic (exact) mass is 203 g/mol. The van der Waals surface area contributed by atoms with Gasteiger partial charge in [0.05, 0.1) is 0 Å². The van der Waals surface area contributed by atoms with E-state index in [4.69, 9.17) is 0 Å². The van der Waals surface area contributed by atoms with Gasteiger partial charge in [0.15, 0.2) is 6.29 Å². The molecular formula is C13H17NO. The van der Waals surface area contributed by atoms with Crippen LogP contribution in [0.5, 0.6) is 0 Å². The molecule has 15 heavy (non-hydrogen) atoms. The van der Waals surface area contributed by atoms with Gasteiger partial charge in [0, 0.05) is 24.3 Å². The molecule has 1 aliphatic rings. The maximum atomic E-state index is 10.9. The van der Waals surface area contributed by atoms with Gasteiger partial charge in [-0.1, -0.05) is 26.0 Å². The highest BCUT2D eigenvalue weighted by atomic mass is 16.1. The molecule has 1 aromatic carbocycles. The average molecular weight is 203 g/mol. The van der Waals surface area contributed by atoms with E-state index >= 15 is 0 Å². The molecule has 2 heteroatoms. The lowest BCUT2D eigenvalue weighted by molar-refractivity contribution is 0.112. The van der Waals surface area contributed by atoms with Crippen molar-refractivity contribution >= 4 is 12.0 Å². The molecule has 1 aliphatic heterocycles. The van der Waals surface area contributed by atoms with Gasteiger partial charge in [0.2, 0.25) is 0 Å². The van der Waals surface area contributed by atoms with Crippen molar-refractivity contribution in [3.05, 3.63) is 29.8 Å². The van der Waals surface area contributed by atoms with Crippen LogP contribution in [0, 0.1) is 5.41 Å². The summed E-state index contributed by atoms with van der Waals surface area (Å²) in [7, 11) is 0. The lowest BCUT2D eigenvalue weighted by atomic mass is 9.93. The van der Waals surface area contributed by atoms with Crippen LogP contribution in [-0.2, 0) is 0 Å². The number of para-hydroxylation sites is 1. The Morgan fingerprint density at radius 3 is 2.67 bits per heavy atom. The molecule has 0 saturated carbocycles. The first kappa shape index (κ1) is 10.2. The number of benzene rings is 1. The minimum atomic E-state index is 0.371. The fourth-order valence-corrected chi connectivity index (χ4v) is 2.19. The molecule has 1 heterocycles. The van der Waals surface area contributed by atoms with Gasteiger partial charge in [0.1, 0.15) is 0 Å². The zero-order valence-corrected chi connectivity index (χ0v) is 9.36. The number of carbonyl (C=O) groups excluding carboxylic acids is 1. The molecule has 0 spiro atoms. The number of hydrogen-bond acceptors (Lipinski definition) is 2. The Balaban J connectivity index is 2.27. The third-order valence-corrected chi connectivity index (χ3v) is 3.08. The molecule has 0 N–H and O–H groups in total. The third kappa shape index (κ3) is 2.04. The molecule has 2 nitrogen and oxygen atoms in total. The number of aldehydes is 1. The van der Waals surface area contributed by atoms with Crippen molar-refractivity contribution in [2.75, 3.05) is 18.0 Å². The standard InChI is InChI=1S/C13H17NO/c1-13(2)7-8-14(10-13)12-6-4-3-5-11(12)9-15/h3-6,9H,7-8,10H2,1-2H3. The molecule has 1 saturated heterocycles. The van der Waals surface area contributed by atoms with Crippen LogP contribution in [0.4, 0.5) is 5.69 Å². The second-order valence-electron chi connectivity index (χ2n) is 5.01. The summed E-state index contributed by atoms with van der Waals surface area (Å²) in [6, 6.07) is 7.82. The molecule has 0 amide bonds. The first-order valence-corrected chi connectivity index (χ1v) is 5.41. The van der Waals surface area contributed by atoms with E-state index in [9.17, 15) is 4.79 Å². The van der Waals surface area contributed by atoms with Crippen LogP contribution in [0.1, 0.15) is 30.6 Å². The van der Waals surface area contributed by atoms with Crippen molar-refractivity contribution in [3.8, 4) is 0 Å². The summed E-state index contributed by atoms with van der Waals surface area (Å²) in [6.45, 7) is 6.64. The highest BCUT2D eigenvalue weighted by Crippen LogP contribution is 2.33. The predicted octanol–water partition coefficient (Wildman–Crippen LogP) is 2.74. The predicted molar refractivity (Wildman–Crippen MR) is 62.4 cm³/mol. The Morgan fingerprint density at radius 2 is 2.07 bits per heavy atom. The maximum Gasteiger partial charge on any atom is 0.152 e. The molecular weight excluding hydrogens is 186 g/mol. The summed E-state index contributed by atoms with van der Waals surface area (Å²) >= 11 is 0. The molecule has 1 aromatic rings. The van der Waals surface area contributed by atoms with Crippen LogP contribution in [0.2, 0.25) is 0 Å². The first-order valence-electron chi connectivity index (χ1n) is 5.41. The summed E-state index contributed by atoms with van der Waals surface area (Å²) in [5.74, 6) is 0. The van der Waals surface area contributed by atoms with Crippen LogP contribution in [0.25, 0.3) is 0 Å². The fraction of sp³-hybridized carbons (Fsp3) is 0.462. The Kier molecular flexibility index (Phi) is 2.51. The summed E-state index contributed by atoms with van der Waals surface area (Å²) < 4.78 is 0. The fourth-order valence-electron chi connectivity index (χ4n) is 2.19. The number of anilines is 1. The second kappa shape index (κ2) is 3.69. The number of nitrogens with zero attached hydrogens (tertiary/aromatic N) is 1. The molecule has 0 aliphatic carbocycles. The van der Waals surface area contributed by atoms with Gasteiger partial charge in [0.25, 0.3) is 0 Å². The van der Waals surface area contributed by atoms with E-state index in [-0.39, 0.29) is 0 Å². The van der Waals surface area contributed by atoms with E-state index < -0.39 is 0 Å². The van der Waals surface area contributed by atoms with Crippen molar-refractivity contribution < 1.29 is 4.79 Å². The summed E-state index contributed by atoms with van der Waals surface area (Å²) in [4.78, 5) is 13.2. The molecule has 0 bridgehead atoms. The summed E-state index contributed by atoms with van der Waals surface area (Å²) in [5.41, 5.74) is 2.25. The number of hydrogen-bond donors (Lipinski definition) is 0. The van der Waals surface area contributed by atoms with E-state index in [1.807, 2.05) is 24.3 Å². The Bertz CT molecular complexity index is 371. The Hall–Kier alpha value is -1.31. The normalized spacial score (nSPS) is 19.2. The molecule has 0 aromatic heterocycles. The quantitative estimate of drug-likeness (QED) is 0.689. The summed E-state index contributed by atoms with van der Waals surface area (Å²) in [5, 5.41) is 0. The Labute approximate surface area is 90.9 Å². The third-order valence-electron chi connectivity index (χ3n) is 3.08. The van der Waals surface area contributed by atoms with E-state index in [1.54, 1.807) is 0 Å². The molecule has 0 unspecified atom stereocenters. The van der Waals surface area contributed by atoms with Gasteiger partial charge in [-0.05, 0) is 24.0 Å². The van der Waals surface area contributed by atoms with Crippen LogP contribution in [0.3, 0.4) is 0 Å². The maximum absolute atomic E-state index is 10.9. The van der Waals surface area contributed by atoms with E-state index in [0.717, 1.165) is 30.6 Å². The lowest BCUT2D eigenvalue weighted by Crippen LogP contribution is -2.23. The van der Waals surface area contributed by atoms with Gasteiger partial charge >= 0.3 is 0 Å². The second-order valence-corrected chi connectivity index (χ2v) is 5.01. The van der Waals surface area contributed by atoms with Crippen LogP contribution < -0.4 is 4.90 Å². The van der Waals surface area contributed by atoms with Gasteiger partial charge < -0.3 is 4.90 Å². The topological polar surface area (TPSA) is 20.3 Å². The Morgan fingerprint density at radius 1 is 1.33 bits per heavy atom. The van der Waals surface area contributed by atoms with Crippen LogP contribution >= 0.6 is 0 Å². The highest BCUT2D eigenvalue weighted by Gasteiger charge is 2.29. The van der Waals surface area contributed by atoms with Gasteiger partial charge in [-0.25, -0.2) is 0 Å². The van der Waals surface area contributed by atoms with Crippen molar-refractivity contribution in [2.24, 2.45) is 5.41 Å². The number of rotatable bonds is 2. The van der Waals surface area contributed by atoms with Crippen molar-refractivity contribution in [3.63, 3.8) is 0 Å². The van der Waals surface area contributed by atoms with E-state index in [2.05, 4.69) is 18.7 Å². The van der Waals surface area contributed by atoms with E-state index in [0.29, 0.717) is 5.41 Å². The number of carbonyl (C=O) groups is 1. The lowest BCUT2D eigenvalue weighted by Gasteiger charge is -2.22. The van der Waals surface area contributed by atoms with Crippen molar-refractivity contribution in [1.82, 2.24) is 0 Å². The molecule has 2 rings (SSSR count). The molecule has 1 fully saturated rings. The highest BCUT2D eigenvalue weighted by molar-refractivity contribution is 5.84. The summed E-state index contributed by atoms with van der Waals surface area (Å²) in [6.07, 6.45) is 2.14. The van der Waals surface area contributed by atoms with Gasteiger partial charge in [-0.15, -0.1) is 0 Å². The van der Waals surface area contributed by atoms with Gasteiger partial charge in [-0.3, -0.25) is 4.79 Å².